The zero-order valence-corrected chi connectivity index (χ0v) is 19.9. The molecule has 7 nitrogen and oxygen atoms in total. The zero-order chi connectivity index (χ0) is 25.0. The molecule has 10 heteroatoms. The number of sulfonamides is 1. The Morgan fingerprint density at radius 1 is 1.11 bits per heavy atom. The molecule has 1 amide bonds. The average molecular weight is 502 g/mol. The highest BCUT2D eigenvalue weighted by atomic mass is 32.2. The van der Waals surface area contributed by atoms with Gasteiger partial charge in [0.15, 0.2) is 10.7 Å². The van der Waals surface area contributed by atoms with E-state index < -0.39 is 15.8 Å². The van der Waals surface area contributed by atoms with Gasteiger partial charge in [0, 0.05) is 31.1 Å². The van der Waals surface area contributed by atoms with Crippen LogP contribution in [0.1, 0.15) is 35.4 Å². The van der Waals surface area contributed by atoms with E-state index in [4.69, 9.17) is 4.52 Å². The van der Waals surface area contributed by atoms with Gasteiger partial charge in [0.05, 0.1) is 0 Å². The maximum absolute atomic E-state index is 13.9. The first kappa shape index (κ1) is 24.7. The number of rotatable bonds is 7. The number of halogens is 2. The summed E-state index contributed by atoms with van der Waals surface area (Å²) in [6.07, 6.45) is 3.55. The molecule has 0 aliphatic carbocycles. The zero-order valence-electron chi connectivity index (χ0n) is 19.1. The fraction of sp³-hybridized carbons (Fsp3) is 0.280. The second-order valence-corrected chi connectivity index (χ2v) is 10.2. The molecule has 3 aromatic rings. The van der Waals surface area contributed by atoms with E-state index in [9.17, 15) is 22.0 Å². The molecular formula is C25H25F2N3O4S. The Kier molecular flexibility index (Phi) is 7.42. The number of amides is 1. The monoisotopic (exact) mass is 501 g/mol. The Morgan fingerprint density at radius 2 is 1.80 bits per heavy atom. The number of carbonyl (C=O) groups is 1. The lowest BCUT2D eigenvalue weighted by molar-refractivity contribution is -0.126. The Labute approximate surface area is 202 Å². The summed E-state index contributed by atoms with van der Waals surface area (Å²) >= 11 is 0. The topological polar surface area (TPSA) is 92.5 Å². The van der Waals surface area contributed by atoms with Crippen molar-refractivity contribution in [3.05, 3.63) is 82.7 Å². The van der Waals surface area contributed by atoms with Gasteiger partial charge in [-0.3, -0.25) is 4.79 Å². The normalized spacial score (nSPS) is 15.5. The van der Waals surface area contributed by atoms with Gasteiger partial charge in [-0.1, -0.05) is 35.5 Å². The molecule has 0 atom stereocenters. The van der Waals surface area contributed by atoms with Crippen LogP contribution in [0.15, 0.2) is 57.9 Å². The molecule has 1 saturated heterocycles. The van der Waals surface area contributed by atoms with Gasteiger partial charge < -0.3 is 9.84 Å². The Hall–Kier alpha value is -3.37. The van der Waals surface area contributed by atoms with Crippen molar-refractivity contribution in [3.8, 4) is 0 Å². The van der Waals surface area contributed by atoms with Gasteiger partial charge in [-0.2, -0.15) is 4.31 Å². The lowest BCUT2D eigenvalue weighted by atomic mass is 9.97. The molecule has 35 heavy (non-hydrogen) atoms. The molecule has 184 valence electrons. The predicted molar refractivity (Wildman–Crippen MR) is 126 cm³/mol. The van der Waals surface area contributed by atoms with E-state index in [1.54, 1.807) is 30.3 Å². The third kappa shape index (κ3) is 5.66. The van der Waals surface area contributed by atoms with Gasteiger partial charge in [-0.15, -0.1) is 0 Å². The summed E-state index contributed by atoms with van der Waals surface area (Å²) in [6, 6.07) is 12.0. The Bertz CT molecular complexity index is 1330. The summed E-state index contributed by atoms with van der Waals surface area (Å²) in [5, 5.41) is 6.63. The molecule has 0 unspecified atom stereocenters. The SMILES string of the molecule is Cc1noc(C=Cc2ccccc2F)c1S(=O)(=O)N1CCC(C(=O)NCc2ccc(F)cc2)CC1. The minimum absolute atomic E-state index is 0.0184. The number of hydrogen-bond acceptors (Lipinski definition) is 5. The molecule has 4 rings (SSSR count). The van der Waals surface area contributed by atoms with Crippen LogP contribution in [-0.2, 0) is 21.4 Å². The first-order valence-electron chi connectivity index (χ1n) is 11.2. The standard InChI is InChI=1S/C25H25F2N3O4S/c1-17-24(23(34-29-17)11-8-19-4-2-3-5-22(19)27)35(32,33)30-14-12-20(13-15-30)25(31)28-16-18-6-9-21(26)10-7-18/h2-11,20H,12-16H2,1H3,(H,28,31). The summed E-state index contributed by atoms with van der Waals surface area (Å²) in [5.41, 5.74) is 1.27. The van der Waals surface area contributed by atoms with Crippen LogP contribution in [-0.4, -0.2) is 36.9 Å². The first-order chi connectivity index (χ1) is 16.8. The van der Waals surface area contributed by atoms with Gasteiger partial charge in [-0.25, -0.2) is 17.2 Å². The fourth-order valence-electron chi connectivity index (χ4n) is 4.00. The average Bonchev–Trinajstić information content (AvgIpc) is 3.24. The third-order valence-corrected chi connectivity index (χ3v) is 8.01. The van der Waals surface area contributed by atoms with Crippen molar-refractivity contribution < 1.29 is 26.5 Å². The van der Waals surface area contributed by atoms with Crippen molar-refractivity contribution >= 4 is 28.1 Å². The second-order valence-electron chi connectivity index (χ2n) is 8.34. The molecule has 2 aromatic carbocycles. The quantitative estimate of drug-likeness (QED) is 0.525. The van der Waals surface area contributed by atoms with Crippen molar-refractivity contribution in [3.63, 3.8) is 0 Å². The van der Waals surface area contributed by atoms with Crippen LogP contribution in [0.2, 0.25) is 0 Å². The van der Waals surface area contributed by atoms with Crippen LogP contribution < -0.4 is 5.32 Å². The van der Waals surface area contributed by atoms with Crippen molar-refractivity contribution in [1.29, 1.82) is 0 Å². The van der Waals surface area contributed by atoms with E-state index in [1.165, 1.54) is 41.6 Å². The molecule has 1 aliphatic rings. The van der Waals surface area contributed by atoms with E-state index >= 15 is 0 Å². The number of nitrogens with zero attached hydrogens (tertiary/aromatic N) is 2. The lowest BCUT2D eigenvalue weighted by Gasteiger charge is -2.30. The van der Waals surface area contributed by atoms with Crippen LogP contribution in [0, 0.1) is 24.5 Å². The molecule has 2 heterocycles. The molecular weight excluding hydrogens is 476 g/mol. The number of piperidine rings is 1. The summed E-state index contributed by atoms with van der Waals surface area (Å²) in [4.78, 5) is 12.5. The van der Waals surface area contributed by atoms with E-state index in [0.717, 1.165) is 5.56 Å². The number of aromatic nitrogens is 1. The lowest BCUT2D eigenvalue weighted by Crippen LogP contribution is -2.43. The van der Waals surface area contributed by atoms with Gasteiger partial charge in [0.1, 0.15) is 17.3 Å². The van der Waals surface area contributed by atoms with Crippen LogP contribution >= 0.6 is 0 Å². The minimum atomic E-state index is -3.94. The largest absolute Gasteiger partial charge is 0.355 e. The van der Waals surface area contributed by atoms with E-state index in [0.29, 0.717) is 12.8 Å². The molecule has 1 N–H and O–H groups in total. The number of benzene rings is 2. The summed E-state index contributed by atoms with van der Waals surface area (Å²) < 4.78 is 60.2. The maximum Gasteiger partial charge on any atom is 0.248 e. The number of carbonyl (C=O) groups excluding carboxylic acids is 1. The second kappa shape index (κ2) is 10.5. The fourth-order valence-corrected chi connectivity index (χ4v) is 5.72. The van der Waals surface area contributed by atoms with Crippen molar-refractivity contribution in [2.24, 2.45) is 5.92 Å². The van der Waals surface area contributed by atoms with Crippen molar-refractivity contribution in [2.45, 2.75) is 31.2 Å². The molecule has 0 radical (unpaired) electrons. The number of aryl methyl sites for hydroxylation is 1. The molecule has 0 bridgehead atoms. The molecule has 0 spiro atoms. The van der Waals surface area contributed by atoms with Gasteiger partial charge in [0.25, 0.3) is 0 Å². The van der Waals surface area contributed by atoms with Crippen LogP contribution in [0.5, 0.6) is 0 Å². The molecule has 1 fully saturated rings. The molecule has 1 aliphatic heterocycles. The van der Waals surface area contributed by atoms with Crippen molar-refractivity contribution in [2.75, 3.05) is 13.1 Å². The summed E-state index contributed by atoms with van der Waals surface area (Å²) in [5.74, 6) is -1.26. The highest BCUT2D eigenvalue weighted by Gasteiger charge is 2.35. The maximum atomic E-state index is 13.9. The number of nitrogens with one attached hydrogen (secondary N) is 1. The van der Waals surface area contributed by atoms with E-state index in [1.807, 2.05) is 0 Å². The van der Waals surface area contributed by atoms with Crippen LogP contribution in [0.25, 0.3) is 12.2 Å². The number of hydrogen-bond donors (Lipinski definition) is 1. The van der Waals surface area contributed by atoms with Crippen LogP contribution in [0.4, 0.5) is 8.78 Å². The summed E-state index contributed by atoms with van der Waals surface area (Å²) in [7, 11) is -3.94. The highest BCUT2D eigenvalue weighted by Crippen LogP contribution is 2.29. The molecule has 1 aromatic heterocycles. The predicted octanol–water partition coefficient (Wildman–Crippen LogP) is 4.15. The van der Waals surface area contributed by atoms with Gasteiger partial charge in [-0.05, 0) is 55.7 Å². The third-order valence-electron chi connectivity index (χ3n) is 5.96. The van der Waals surface area contributed by atoms with Crippen LogP contribution in [0.3, 0.4) is 0 Å². The van der Waals surface area contributed by atoms with Gasteiger partial charge in [0.2, 0.25) is 15.9 Å². The Balaban J connectivity index is 1.41. The highest BCUT2D eigenvalue weighted by molar-refractivity contribution is 7.89. The molecule has 0 saturated carbocycles. The van der Waals surface area contributed by atoms with Crippen molar-refractivity contribution in [1.82, 2.24) is 14.8 Å². The first-order valence-corrected chi connectivity index (χ1v) is 12.6. The minimum Gasteiger partial charge on any atom is -0.355 e. The summed E-state index contributed by atoms with van der Waals surface area (Å²) in [6.45, 7) is 2.14. The Morgan fingerprint density at radius 3 is 2.49 bits per heavy atom. The smallest absolute Gasteiger partial charge is 0.248 e. The van der Waals surface area contributed by atoms with E-state index in [-0.39, 0.29) is 59.2 Å². The van der Waals surface area contributed by atoms with E-state index in [2.05, 4.69) is 10.5 Å². The van der Waals surface area contributed by atoms with Gasteiger partial charge >= 0.3 is 0 Å².